The molecule has 2 rings (SSSR count). The van der Waals surface area contributed by atoms with E-state index in [4.69, 9.17) is 9.68 Å². The summed E-state index contributed by atoms with van der Waals surface area (Å²) in [6, 6.07) is 8.66. The molecule has 0 spiro atoms. The first kappa shape index (κ1) is 17.0. The number of halogens is 2. The largest absolute Gasteiger partial charge is 0.467 e. The maximum atomic E-state index is 13.6. The number of rotatable bonds is 7. The lowest BCUT2D eigenvalue weighted by Crippen LogP contribution is -2.32. The third-order valence-corrected chi connectivity index (χ3v) is 4.05. The molecule has 0 atom stereocenters. The molecule has 0 radical (unpaired) electrons. The second kappa shape index (κ2) is 8.34. The lowest BCUT2D eigenvalue weighted by molar-refractivity contribution is -0.129. The van der Waals surface area contributed by atoms with Gasteiger partial charge < -0.3 is 9.32 Å². The van der Waals surface area contributed by atoms with E-state index in [0.717, 1.165) is 23.9 Å². The monoisotopic (exact) mass is 336 g/mol. The van der Waals surface area contributed by atoms with Gasteiger partial charge in [-0.25, -0.2) is 8.78 Å². The second-order valence-corrected chi connectivity index (χ2v) is 5.68. The molecule has 1 amide bonds. The van der Waals surface area contributed by atoms with Crippen LogP contribution in [0.4, 0.5) is 8.78 Å². The van der Waals surface area contributed by atoms with Crippen LogP contribution < -0.4 is 0 Å². The molecule has 0 N–H and O–H groups in total. The summed E-state index contributed by atoms with van der Waals surface area (Å²) in [5.41, 5.74) is 0. The number of benzene rings is 1. The Hall–Kier alpha value is -2.33. The van der Waals surface area contributed by atoms with Gasteiger partial charge in [-0.3, -0.25) is 4.79 Å². The summed E-state index contributed by atoms with van der Waals surface area (Å²) >= 11 is 0.992. The lowest BCUT2D eigenvalue weighted by Gasteiger charge is -2.20. The van der Waals surface area contributed by atoms with Crippen LogP contribution in [0, 0.1) is 23.0 Å². The SMILES string of the molecule is N#CCCN(Cc1ccco1)C(=O)CSc1ccc(F)cc1F. The highest BCUT2D eigenvalue weighted by Gasteiger charge is 2.16. The first-order valence-electron chi connectivity index (χ1n) is 6.85. The van der Waals surface area contributed by atoms with Gasteiger partial charge in [0.1, 0.15) is 17.4 Å². The van der Waals surface area contributed by atoms with Crippen LogP contribution >= 0.6 is 11.8 Å². The third-order valence-electron chi connectivity index (χ3n) is 3.02. The van der Waals surface area contributed by atoms with Crippen LogP contribution in [-0.4, -0.2) is 23.1 Å². The Morgan fingerprint density at radius 3 is 2.83 bits per heavy atom. The molecule has 1 aromatic carbocycles. The summed E-state index contributed by atoms with van der Waals surface area (Å²) in [5.74, 6) is -1.00. The molecular weight excluding hydrogens is 322 g/mol. The summed E-state index contributed by atoms with van der Waals surface area (Å²) in [6.07, 6.45) is 1.70. The number of hydrogen-bond acceptors (Lipinski definition) is 4. The Kier molecular flexibility index (Phi) is 6.18. The number of amides is 1. The fourth-order valence-corrected chi connectivity index (χ4v) is 2.71. The number of carbonyl (C=O) groups is 1. The zero-order valence-electron chi connectivity index (χ0n) is 12.2. The lowest BCUT2D eigenvalue weighted by atomic mass is 10.3. The molecule has 0 saturated heterocycles. The maximum absolute atomic E-state index is 13.6. The van der Waals surface area contributed by atoms with E-state index in [1.54, 1.807) is 12.1 Å². The molecule has 1 aromatic heterocycles. The Bertz CT molecular complexity index is 699. The van der Waals surface area contributed by atoms with Crippen molar-refractivity contribution in [3.05, 3.63) is 54.0 Å². The van der Waals surface area contributed by atoms with E-state index < -0.39 is 11.6 Å². The summed E-state index contributed by atoms with van der Waals surface area (Å²) in [7, 11) is 0. The molecular formula is C16H14F2N2O2S. The van der Waals surface area contributed by atoms with Crippen molar-refractivity contribution >= 4 is 17.7 Å². The molecule has 4 nitrogen and oxygen atoms in total. The van der Waals surface area contributed by atoms with Gasteiger partial charge in [-0.1, -0.05) is 0 Å². The van der Waals surface area contributed by atoms with Gasteiger partial charge in [-0.2, -0.15) is 5.26 Å². The van der Waals surface area contributed by atoms with Crippen molar-refractivity contribution in [3.63, 3.8) is 0 Å². The zero-order chi connectivity index (χ0) is 16.7. The molecule has 23 heavy (non-hydrogen) atoms. The van der Waals surface area contributed by atoms with Gasteiger partial charge in [0, 0.05) is 17.5 Å². The van der Waals surface area contributed by atoms with E-state index in [-0.39, 0.29) is 36.1 Å². The van der Waals surface area contributed by atoms with Crippen LogP contribution in [0.1, 0.15) is 12.2 Å². The molecule has 0 bridgehead atoms. The molecule has 0 saturated carbocycles. The number of furan rings is 1. The quantitative estimate of drug-likeness (QED) is 0.725. The maximum Gasteiger partial charge on any atom is 0.233 e. The average molecular weight is 336 g/mol. The number of thioether (sulfide) groups is 1. The fourth-order valence-electron chi connectivity index (χ4n) is 1.89. The van der Waals surface area contributed by atoms with Gasteiger partial charge in [0.25, 0.3) is 0 Å². The fraction of sp³-hybridized carbons (Fsp3) is 0.250. The highest BCUT2D eigenvalue weighted by atomic mass is 32.2. The van der Waals surface area contributed by atoms with Crippen molar-refractivity contribution in [2.45, 2.75) is 17.9 Å². The summed E-state index contributed by atoms with van der Waals surface area (Å²) in [4.78, 5) is 14.0. The van der Waals surface area contributed by atoms with Crippen molar-refractivity contribution < 1.29 is 18.0 Å². The third kappa shape index (κ3) is 5.11. The van der Waals surface area contributed by atoms with E-state index in [0.29, 0.717) is 5.76 Å². The van der Waals surface area contributed by atoms with Crippen LogP contribution in [0.2, 0.25) is 0 Å². The highest BCUT2D eigenvalue weighted by Crippen LogP contribution is 2.23. The van der Waals surface area contributed by atoms with E-state index >= 15 is 0 Å². The first-order chi connectivity index (χ1) is 11.1. The average Bonchev–Trinajstić information content (AvgIpc) is 3.03. The van der Waals surface area contributed by atoms with E-state index in [1.807, 2.05) is 6.07 Å². The van der Waals surface area contributed by atoms with Gasteiger partial charge in [-0.05, 0) is 24.3 Å². The van der Waals surface area contributed by atoms with Crippen LogP contribution in [0.5, 0.6) is 0 Å². The standard InChI is InChI=1S/C16H14F2N2O2S/c17-12-4-5-15(14(18)9-12)23-11-16(21)20(7-2-6-19)10-13-3-1-8-22-13/h1,3-5,8-9H,2,7,10-11H2. The van der Waals surface area contributed by atoms with Crippen LogP contribution in [0.15, 0.2) is 45.9 Å². The van der Waals surface area contributed by atoms with E-state index in [1.165, 1.54) is 17.2 Å². The van der Waals surface area contributed by atoms with Crippen LogP contribution in [0.25, 0.3) is 0 Å². The predicted octanol–water partition coefficient (Wildman–Crippen LogP) is 3.59. The van der Waals surface area contributed by atoms with Gasteiger partial charge in [0.2, 0.25) is 5.91 Å². The topological polar surface area (TPSA) is 57.2 Å². The second-order valence-electron chi connectivity index (χ2n) is 4.67. The Morgan fingerprint density at radius 1 is 1.35 bits per heavy atom. The van der Waals surface area contributed by atoms with Crippen molar-refractivity contribution in [1.82, 2.24) is 4.90 Å². The number of carbonyl (C=O) groups excluding carboxylic acids is 1. The smallest absolute Gasteiger partial charge is 0.233 e. The molecule has 0 aliphatic rings. The highest BCUT2D eigenvalue weighted by molar-refractivity contribution is 8.00. The molecule has 0 unspecified atom stereocenters. The minimum Gasteiger partial charge on any atom is -0.467 e. The van der Waals surface area contributed by atoms with Gasteiger partial charge in [-0.15, -0.1) is 11.8 Å². The number of nitriles is 1. The number of nitrogens with zero attached hydrogens (tertiary/aromatic N) is 2. The molecule has 0 aliphatic carbocycles. The summed E-state index contributed by atoms with van der Waals surface area (Å²) in [6.45, 7) is 0.516. The van der Waals surface area contributed by atoms with Crippen molar-refractivity contribution in [3.8, 4) is 6.07 Å². The zero-order valence-corrected chi connectivity index (χ0v) is 13.0. The minimum atomic E-state index is -0.697. The molecule has 2 aromatic rings. The van der Waals surface area contributed by atoms with Crippen molar-refractivity contribution in [2.75, 3.05) is 12.3 Å². The normalized spacial score (nSPS) is 10.3. The van der Waals surface area contributed by atoms with E-state index in [2.05, 4.69) is 0 Å². The van der Waals surface area contributed by atoms with Crippen LogP contribution in [-0.2, 0) is 11.3 Å². The minimum absolute atomic E-state index is 0.00527. The summed E-state index contributed by atoms with van der Waals surface area (Å²) < 4.78 is 31.6. The Balaban J connectivity index is 1.97. The number of hydrogen-bond donors (Lipinski definition) is 0. The Morgan fingerprint density at radius 2 is 2.17 bits per heavy atom. The molecule has 1 heterocycles. The van der Waals surface area contributed by atoms with Crippen LogP contribution in [0.3, 0.4) is 0 Å². The predicted molar refractivity (Wildman–Crippen MR) is 81.4 cm³/mol. The van der Waals surface area contributed by atoms with E-state index in [9.17, 15) is 13.6 Å². The molecule has 0 aliphatic heterocycles. The van der Waals surface area contributed by atoms with Gasteiger partial charge in [0.05, 0.1) is 31.1 Å². The Labute approximate surface area is 136 Å². The van der Waals surface area contributed by atoms with Gasteiger partial charge >= 0.3 is 0 Å². The van der Waals surface area contributed by atoms with Crippen molar-refractivity contribution in [1.29, 1.82) is 5.26 Å². The van der Waals surface area contributed by atoms with Gasteiger partial charge in [0.15, 0.2) is 0 Å². The van der Waals surface area contributed by atoms with Crippen molar-refractivity contribution in [2.24, 2.45) is 0 Å². The molecule has 120 valence electrons. The summed E-state index contributed by atoms with van der Waals surface area (Å²) in [5, 5.41) is 8.69. The molecule has 0 fully saturated rings. The first-order valence-corrected chi connectivity index (χ1v) is 7.83. The molecule has 7 heteroatoms.